The summed E-state index contributed by atoms with van der Waals surface area (Å²) in [4.78, 5) is 16.8. The van der Waals surface area contributed by atoms with E-state index in [9.17, 15) is 4.79 Å². The lowest BCUT2D eigenvalue weighted by molar-refractivity contribution is -0.120. The van der Waals surface area contributed by atoms with E-state index >= 15 is 0 Å². The molecule has 1 N–H and O–H groups in total. The van der Waals surface area contributed by atoms with Gasteiger partial charge in [0.1, 0.15) is 0 Å². The first-order valence-corrected chi connectivity index (χ1v) is 7.21. The van der Waals surface area contributed by atoms with Gasteiger partial charge in [0.05, 0.1) is 16.9 Å². The molecule has 0 aliphatic heterocycles. The molecule has 2 rings (SSSR count). The Kier molecular flexibility index (Phi) is 5.55. The summed E-state index contributed by atoms with van der Waals surface area (Å²) in [5, 5.41) is 7.01. The molecule has 0 spiro atoms. The first-order chi connectivity index (χ1) is 10.6. The van der Waals surface area contributed by atoms with Crippen LogP contribution in [-0.2, 0) is 9.63 Å². The zero-order valence-corrected chi connectivity index (χ0v) is 13.2. The van der Waals surface area contributed by atoms with Gasteiger partial charge in [-0.2, -0.15) is 0 Å². The van der Waals surface area contributed by atoms with Crippen molar-refractivity contribution in [2.24, 2.45) is 5.16 Å². The average molecular weight is 317 g/mol. The number of benzene rings is 2. The quantitative estimate of drug-likeness (QED) is 0.671. The zero-order valence-electron chi connectivity index (χ0n) is 12.5. The molecule has 0 aliphatic rings. The molecule has 114 valence electrons. The summed E-state index contributed by atoms with van der Waals surface area (Å²) in [5.41, 5.74) is 3.46. The summed E-state index contributed by atoms with van der Waals surface area (Å²) in [6.45, 7) is 3.67. The number of oxime groups is 1. The van der Waals surface area contributed by atoms with Crippen molar-refractivity contribution in [3.63, 3.8) is 0 Å². The van der Waals surface area contributed by atoms with E-state index in [1.54, 1.807) is 12.3 Å². The van der Waals surface area contributed by atoms with Crippen molar-refractivity contribution in [2.45, 2.75) is 13.8 Å². The second-order valence-corrected chi connectivity index (χ2v) is 5.31. The van der Waals surface area contributed by atoms with Crippen LogP contribution in [0.15, 0.2) is 47.6 Å². The Labute approximate surface area is 134 Å². The second kappa shape index (κ2) is 7.61. The number of hydrogen-bond donors (Lipinski definition) is 1. The van der Waals surface area contributed by atoms with Gasteiger partial charge in [0.15, 0.2) is 6.61 Å². The third kappa shape index (κ3) is 4.60. The van der Waals surface area contributed by atoms with Crippen LogP contribution in [0.25, 0.3) is 0 Å². The van der Waals surface area contributed by atoms with E-state index in [0.717, 1.165) is 16.7 Å². The summed E-state index contributed by atoms with van der Waals surface area (Å²) in [5.74, 6) is -0.306. The lowest BCUT2D eigenvalue weighted by Crippen LogP contribution is -2.18. The predicted molar refractivity (Wildman–Crippen MR) is 89.5 cm³/mol. The average Bonchev–Trinajstić information content (AvgIpc) is 2.48. The van der Waals surface area contributed by atoms with Gasteiger partial charge in [0.25, 0.3) is 5.91 Å². The Morgan fingerprint density at radius 3 is 2.68 bits per heavy atom. The zero-order chi connectivity index (χ0) is 15.9. The Hall–Kier alpha value is -2.33. The van der Waals surface area contributed by atoms with Gasteiger partial charge in [-0.25, -0.2) is 0 Å². The molecule has 0 saturated carbocycles. The van der Waals surface area contributed by atoms with Gasteiger partial charge >= 0.3 is 0 Å². The molecule has 0 heterocycles. The topological polar surface area (TPSA) is 50.7 Å². The number of anilines is 1. The van der Waals surface area contributed by atoms with Crippen LogP contribution < -0.4 is 5.32 Å². The number of aryl methyl sites for hydroxylation is 2. The van der Waals surface area contributed by atoms with E-state index in [1.807, 2.05) is 50.2 Å². The fourth-order valence-corrected chi connectivity index (χ4v) is 2.35. The summed E-state index contributed by atoms with van der Waals surface area (Å²) in [6.07, 6.45) is 1.55. The molecule has 5 heteroatoms. The minimum Gasteiger partial charge on any atom is -0.386 e. The number of carbonyl (C=O) groups is 1. The highest BCUT2D eigenvalue weighted by molar-refractivity contribution is 6.34. The van der Waals surface area contributed by atoms with Crippen LogP contribution in [-0.4, -0.2) is 18.7 Å². The number of amides is 1. The lowest BCUT2D eigenvalue weighted by Gasteiger charge is -2.10. The molecule has 0 aliphatic carbocycles. The number of nitrogens with one attached hydrogen (secondary N) is 1. The first-order valence-electron chi connectivity index (χ1n) is 6.83. The maximum atomic E-state index is 11.8. The van der Waals surface area contributed by atoms with Crippen LogP contribution in [0.1, 0.15) is 16.7 Å². The Morgan fingerprint density at radius 1 is 1.27 bits per heavy atom. The van der Waals surface area contributed by atoms with Crippen molar-refractivity contribution in [3.05, 3.63) is 64.2 Å². The fraction of sp³-hybridized carbons (Fsp3) is 0.176. The molecule has 0 bridgehead atoms. The third-order valence-electron chi connectivity index (χ3n) is 2.97. The smallest absolute Gasteiger partial charge is 0.265 e. The number of carbonyl (C=O) groups excluding carboxylic acids is 1. The van der Waals surface area contributed by atoms with Gasteiger partial charge in [-0.15, -0.1) is 0 Å². The number of halogens is 1. The third-order valence-corrected chi connectivity index (χ3v) is 3.27. The maximum absolute atomic E-state index is 11.8. The monoisotopic (exact) mass is 316 g/mol. The minimum atomic E-state index is -0.306. The van der Waals surface area contributed by atoms with E-state index in [-0.39, 0.29) is 12.5 Å². The van der Waals surface area contributed by atoms with E-state index in [0.29, 0.717) is 10.7 Å². The molecule has 1 amide bonds. The Balaban J connectivity index is 1.88. The van der Waals surface area contributed by atoms with Gasteiger partial charge in [0.2, 0.25) is 0 Å². The van der Waals surface area contributed by atoms with Gasteiger partial charge in [-0.3, -0.25) is 4.79 Å². The van der Waals surface area contributed by atoms with E-state index in [1.165, 1.54) is 0 Å². The van der Waals surface area contributed by atoms with Crippen LogP contribution in [0.2, 0.25) is 5.02 Å². The molecular weight excluding hydrogens is 300 g/mol. The van der Waals surface area contributed by atoms with Crippen molar-refractivity contribution >= 4 is 29.4 Å². The second-order valence-electron chi connectivity index (χ2n) is 4.91. The van der Waals surface area contributed by atoms with Gasteiger partial charge in [-0.1, -0.05) is 53.2 Å². The van der Waals surface area contributed by atoms with Gasteiger partial charge in [-0.05, 0) is 36.6 Å². The standard InChI is InChI=1S/C17H17ClN2O2/c1-12-8-13(2)17(15(18)9-12)20-16(21)11-22-19-10-14-6-4-3-5-7-14/h3-10H,11H2,1-2H3,(H,20,21)/b19-10+. The minimum absolute atomic E-state index is 0.174. The molecule has 0 fully saturated rings. The summed E-state index contributed by atoms with van der Waals surface area (Å²) >= 11 is 6.14. The molecule has 2 aromatic rings. The number of hydrogen-bond acceptors (Lipinski definition) is 3. The Morgan fingerprint density at radius 2 is 2.00 bits per heavy atom. The van der Waals surface area contributed by atoms with Crippen molar-refractivity contribution in [2.75, 3.05) is 11.9 Å². The number of rotatable bonds is 5. The predicted octanol–water partition coefficient (Wildman–Crippen LogP) is 3.95. The van der Waals surface area contributed by atoms with Crippen molar-refractivity contribution in [1.82, 2.24) is 0 Å². The molecule has 0 atom stereocenters. The molecule has 4 nitrogen and oxygen atoms in total. The molecule has 0 saturated heterocycles. The van der Waals surface area contributed by atoms with Crippen molar-refractivity contribution < 1.29 is 9.63 Å². The van der Waals surface area contributed by atoms with E-state index < -0.39 is 0 Å². The molecule has 22 heavy (non-hydrogen) atoms. The van der Waals surface area contributed by atoms with E-state index in [2.05, 4.69) is 10.5 Å². The molecule has 0 unspecified atom stereocenters. The van der Waals surface area contributed by atoms with E-state index in [4.69, 9.17) is 16.4 Å². The largest absolute Gasteiger partial charge is 0.386 e. The fourth-order valence-electron chi connectivity index (χ4n) is 1.98. The Bertz CT molecular complexity index is 661. The normalized spacial score (nSPS) is 10.7. The highest BCUT2D eigenvalue weighted by Gasteiger charge is 2.09. The summed E-state index contributed by atoms with van der Waals surface area (Å²) < 4.78 is 0. The van der Waals surface area contributed by atoms with Crippen LogP contribution in [0.5, 0.6) is 0 Å². The van der Waals surface area contributed by atoms with Crippen LogP contribution >= 0.6 is 11.6 Å². The molecule has 0 aromatic heterocycles. The molecule has 2 aromatic carbocycles. The highest BCUT2D eigenvalue weighted by Crippen LogP contribution is 2.27. The summed E-state index contributed by atoms with van der Waals surface area (Å²) in [6, 6.07) is 13.3. The van der Waals surface area contributed by atoms with Gasteiger partial charge in [0, 0.05) is 0 Å². The lowest BCUT2D eigenvalue weighted by atomic mass is 10.1. The summed E-state index contributed by atoms with van der Waals surface area (Å²) in [7, 11) is 0. The van der Waals surface area contributed by atoms with Gasteiger partial charge < -0.3 is 10.2 Å². The first kappa shape index (κ1) is 16.0. The molecular formula is C17H17ClN2O2. The molecule has 0 radical (unpaired) electrons. The van der Waals surface area contributed by atoms with Crippen molar-refractivity contribution in [1.29, 1.82) is 0 Å². The van der Waals surface area contributed by atoms with Crippen LogP contribution in [0.3, 0.4) is 0 Å². The highest BCUT2D eigenvalue weighted by atomic mass is 35.5. The van der Waals surface area contributed by atoms with Crippen LogP contribution in [0, 0.1) is 13.8 Å². The SMILES string of the molecule is Cc1cc(C)c(NC(=O)CO/N=C/c2ccccc2)c(Cl)c1. The van der Waals surface area contributed by atoms with Crippen molar-refractivity contribution in [3.8, 4) is 0 Å². The van der Waals surface area contributed by atoms with Crippen LogP contribution in [0.4, 0.5) is 5.69 Å². The maximum Gasteiger partial charge on any atom is 0.265 e. The number of nitrogens with zero attached hydrogens (tertiary/aromatic N) is 1.